The van der Waals surface area contributed by atoms with Gasteiger partial charge in [0.1, 0.15) is 5.69 Å². The average Bonchev–Trinajstić information content (AvgIpc) is 2.69. The van der Waals surface area contributed by atoms with E-state index in [-0.39, 0.29) is 5.91 Å². The Kier molecular flexibility index (Phi) is 6.04. The van der Waals surface area contributed by atoms with Crippen LogP contribution in [0.5, 0.6) is 0 Å². The molecule has 0 radical (unpaired) electrons. The molecule has 3 rings (SSSR count). The van der Waals surface area contributed by atoms with Gasteiger partial charge in [-0.05, 0) is 66.9 Å². The first-order valence-electron chi connectivity index (χ1n) is 8.66. The molecule has 6 heteroatoms. The van der Waals surface area contributed by atoms with Gasteiger partial charge in [0.2, 0.25) is 0 Å². The fourth-order valence-corrected chi connectivity index (χ4v) is 2.90. The average molecular weight is 381 g/mol. The Morgan fingerprint density at radius 1 is 1.15 bits per heavy atom. The second-order valence-electron chi connectivity index (χ2n) is 6.34. The lowest BCUT2D eigenvalue weighted by molar-refractivity contribution is 0.102. The van der Waals surface area contributed by atoms with E-state index in [2.05, 4.69) is 20.2 Å². The predicted molar refractivity (Wildman–Crippen MR) is 110 cm³/mol. The standard InChI is InChI=1S/C21H21ClN4O/c1-15-13-17(22)3-5-19(15)25-21(27)20-6-4-18(14-24-20)26(2)12-9-16-7-10-23-11-8-16/h3-8,10-11,13-14H,9,12H2,1-2H3,(H,25,27). The molecule has 0 aliphatic carbocycles. The SMILES string of the molecule is Cc1cc(Cl)ccc1NC(=O)c1ccc(N(C)CCc2ccncc2)cn1. The molecule has 0 unspecified atom stereocenters. The third kappa shape index (κ3) is 5.05. The number of benzene rings is 1. The van der Waals surface area contributed by atoms with Crippen LogP contribution in [0.1, 0.15) is 21.6 Å². The Balaban J connectivity index is 1.61. The predicted octanol–water partition coefficient (Wildman–Crippen LogP) is 4.37. The van der Waals surface area contributed by atoms with Crippen LogP contribution in [-0.2, 0) is 6.42 Å². The molecule has 0 saturated heterocycles. The third-order valence-corrected chi connectivity index (χ3v) is 4.58. The van der Waals surface area contributed by atoms with Crippen LogP contribution in [-0.4, -0.2) is 29.5 Å². The smallest absolute Gasteiger partial charge is 0.274 e. The Labute approximate surface area is 164 Å². The van der Waals surface area contributed by atoms with E-state index in [4.69, 9.17) is 11.6 Å². The van der Waals surface area contributed by atoms with Crippen LogP contribution in [0.25, 0.3) is 0 Å². The number of anilines is 2. The summed E-state index contributed by atoms with van der Waals surface area (Å²) in [6.45, 7) is 2.75. The number of aromatic nitrogens is 2. The number of hydrogen-bond acceptors (Lipinski definition) is 4. The summed E-state index contributed by atoms with van der Waals surface area (Å²) < 4.78 is 0. The highest BCUT2D eigenvalue weighted by atomic mass is 35.5. The van der Waals surface area contributed by atoms with Crippen molar-refractivity contribution in [3.63, 3.8) is 0 Å². The molecule has 0 aliphatic heterocycles. The Hall–Kier alpha value is -2.92. The van der Waals surface area contributed by atoms with Gasteiger partial charge in [-0.1, -0.05) is 11.6 Å². The van der Waals surface area contributed by atoms with Crippen molar-refractivity contribution < 1.29 is 4.79 Å². The van der Waals surface area contributed by atoms with E-state index in [0.29, 0.717) is 10.7 Å². The summed E-state index contributed by atoms with van der Waals surface area (Å²) in [7, 11) is 2.01. The second kappa shape index (κ2) is 8.64. The molecule has 3 aromatic rings. The lowest BCUT2D eigenvalue weighted by Crippen LogP contribution is -2.21. The largest absolute Gasteiger partial charge is 0.373 e. The first kappa shape index (κ1) is 18.9. The fourth-order valence-electron chi connectivity index (χ4n) is 2.68. The maximum absolute atomic E-state index is 12.4. The molecule has 0 spiro atoms. The molecule has 0 fully saturated rings. The van der Waals surface area contributed by atoms with Crippen LogP contribution in [0.4, 0.5) is 11.4 Å². The zero-order chi connectivity index (χ0) is 19.2. The molecule has 0 atom stereocenters. The van der Waals surface area contributed by atoms with Crippen molar-refractivity contribution in [3.8, 4) is 0 Å². The van der Waals surface area contributed by atoms with E-state index in [9.17, 15) is 4.79 Å². The lowest BCUT2D eigenvalue weighted by atomic mass is 10.2. The van der Waals surface area contributed by atoms with Gasteiger partial charge in [-0.15, -0.1) is 0 Å². The Morgan fingerprint density at radius 2 is 1.93 bits per heavy atom. The number of halogens is 1. The first-order chi connectivity index (χ1) is 13.0. The summed E-state index contributed by atoms with van der Waals surface area (Å²) in [6.07, 6.45) is 6.23. The van der Waals surface area contributed by atoms with E-state index >= 15 is 0 Å². The van der Waals surface area contributed by atoms with Crippen molar-refractivity contribution in [1.82, 2.24) is 9.97 Å². The summed E-state index contributed by atoms with van der Waals surface area (Å²) in [5.74, 6) is -0.244. The highest BCUT2D eigenvalue weighted by Crippen LogP contribution is 2.20. The van der Waals surface area contributed by atoms with Gasteiger partial charge in [0.25, 0.3) is 5.91 Å². The van der Waals surface area contributed by atoms with E-state index in [1.807, 2.05) is 38.2 Å². The van der Waals surface area contributed by atoms with Gasteiger partial charge in [-0.25, -0.2) is 4.98 Å². The summed E-state index contributed by atoms with van der Waals surface area (Å²) in [5.41, 5.74) is 4.20. The maximum atomic E-state index is 12.4. The van der Waals surface area contributed by atoms with E-state index < -0.39 is 0 Å². The highest BCUT2D eigenvalue weighted by Gasteiger charge is 2.10. The third-order valence-electron chi connectivity index (χ3n) is 4.34. The van der Waals surface area contributed by atoms with Crippen molar-refractivity contribution in [2.75, 3.05) is 23.8 Å². The van der Waals surface area contributed by atoms with Crippen LogP contribution in [0, 0.1) is 6.92 Å². The van der Waals surface area contributed by atoms with E-state index in [1.54, 1.807) is 36.8 Å². The fraction of sp³-hybridized carbons (Fsp3) is 0.190. The molecule has 2 heterocycles. The molecule has 0 saturated carbocycles. The number of pyridine rings is 2. The number of likely N-dealkylation sites (N-methyl/N-ethyl adjacent to an activating group) is 1. The van der Waals surface area contributed by atoms with Crippen molar-refractivity contribution in [3.05, 3.63) is 82.9 Å². The Morgan fingerprint density at radius 3 is 2.59 bits per heavy atom. The molecule has 5 nitrogen and oxygen atoms in total. The molecule has 27 heavy (non-hydrogen) atoms. The van der Waals surface area contributed by atoms with Crippen molar-refractivity contribution in [1.29, 1.82) is 0 Å². The molecule has 1 aromatic carbocycles. The van der Waals surface area contributed by atoms with Gasteiger partial charge < -0.3 is 10.2 Å². The topological polar surface area (TPSA) is 58.1 Å². The van der Waals surface area contributed by atoms with Gasteiger partial charge in [0.05, 0.1) is 11.9 Å². The number of rotatable bonds is 6. The molecule has 138 valence electrons. The van der Waals surface area contributed by atoms with Gasteiger partial charge in [-0.2, -0.15) is 0 Å². The molecule has 2 aromatic heterocycles. The van der Waals surface area contributed by atoms with Crippen molar-refractivity contribution in [2.24, 2.45) is 0 Å². The van der Waals surface area contributed by atoms with Crippen LogP contribution >= 0.6 is 11.6 Å². The summed E-state index contributed by atoms with van der Waals surface area (Å²) in [6, 6.07) is 13.0. The molecule has 1 N–H and O–H groups in total. The van der Waals surface area contributed by atoms with Gasteiger partial charge in [0.15, 0.2) is 0 Å². The lowest BCUT2D eigenvalue weighted by Gasteiger charge is -2.19. The minimum Gasteiger partial charge on any atom is -0.373 e. The molecular formula is C21H21ClN4O. The molecular weight excluding hydrogens is 360 g/mol. The monoisotopic (exact) mass is 380 g/mol. The van der Waals surface area contributed by atoms with Crippen LogP contribution in [0.3, 0.4) is 0 Å². The molecule has 0 aliphatic rings. The highest BCUT2D eigenvalue weighted by molar-refractivity contribution is 6.30. The number of aryl methyl sites for hydroxylation is 1. The van der Waals surface area contributed by atoms with Gasteiger partial charge in [0, 0.05) is 36.7 Å². The van der Waals surface area contributed by atoms with Gasteiger partial charge in [-0.3, -0.25) is 9.78 Å². The van der Waals surface area contributed by atoms with Crippen LogP contribution in [0.15, 0.2) is 61.1 Å². The quantitative estimate of drug-likeness (QED) is 0.689. The zero-order valence-corrected chi connectivity index (χ0v) is 16.1. The minimum absolute atomic E-state index is 0.244. The summed E-state index contributed by atoms with van der Waals surface area (Å²) >= 11 is 5.95. The van der Waals surface area contributed by atoms with Crippen molar-refractivity contribution in [2.45, 2.75) is 13.3 Å². The van der Waals surface area contributed by atoms with Crippen LogP contribution < -0.4 is 10.2 Å². The number of hydrogen-bond donors (Lipinski definition) is 1. The van der Waals surface area contributed by atoms with Crippen molar-refractivity contribution >= 4 is 28.9 Å². The summed E-state index contributed by atoms with van der Waals surface area (Å²) in [4.78, 5) is 22.9. The first-order valence-corrected chi connectivity index (χ1v) is 9.04. The second-order valence-corrected chi connectivity index (χ2v) is 6.78. The van der Waals surface area contributed by atoms with Gasteiger partial charge >= 0.3 is 0 Å². The maximum Gasteiger partial charge on any atom is 0.274 e. The Bertz CT molecular complexity index is 913. The normalized spacial score (nSPS) is 10.5. The number of amides is 1. The van der Waals surface area contributed by atoms with Crippen LogP contribution in [0.2, 0.25) is 5.02 Å². The zero-order valence-electron chi connectivity index (χ0n) is 15.3. The number of nitrogens with zero attached hydrogens (tertiary/aromatic N) is 3. The molecule has 0 bridgehead atoms. The molecule has 1 amide bonds. The van der Waals surface area contributed by atoms with E-state index in [1.165, 1.54) is 5.56 Å². The summed E-state index contributed by atoms with van der Waals surface area (Å²) in [5, 5.41) is 3.51. The minimum atomic E-state index is -0.244. The number of carbonyl (C=O) groups is 1. The van der Waals surface area contributed by atoms with E-state index in [0.717, 1.165) is 29.9 Å². The number of carbonyl (C=O) groups excluding carboxylic acids is 1. The number of nitrogens with one attached hydrogen (secondary N) is 1.